The molecule has 6 nitrogen and oxygen atoms in total. The van der Waals surface area contributed by atoms with Crippen molar-refractivity contribution in [2.24, 2.45) is 0 Å². The van der Waals surface area contributed by atoms with Gasteiger partial charge in [0.15, 0.2) is 0 Å². The van der Waals surface area contributed by atoms with Crippen LogP contribution >= 0.6 is 0 Å². The second-order valence-corrected chi connectivity index (χ2v) is 8.33. The van der Waals surface area contributed by atoms with E-state index in [-0.39, 0.29) is 34.6 Å². The minimum Gasteiger partial charge on any atom is -0.872 e. The number of aryl methyl sites for hydroxylation is 3. The number of hydrogen-bond donors (Lipinski definition) is 0. The molecule has 6 aromatic rings. The topological polar surface area (TPSA) is 108 Å². The standard InChI is InChI=1S/3C10H9NO.Al/c3*1-7-5-6-11-8-3-2-4-9(12)10(7)8;/h3*2-6,12H,1H3;/q;;;+3/p-3. The molecule has 0 radical (unpaired) electrons. The van der Waals surface area contributed by atoms with Crippen LogP contribution in [-0.2, 0) is 0 Å². The van der Waals surface area contributed by atoms with Gasteiger partial charge in [-0.05, 0) is 90.0 Å². The molecule has 0 aliphatic heterocycles. The summed E-state index contributed by atoms with van der Waals surface area (Å²) in [6, 6.07) is 21.0. The minimum absolute atomic E-state index is 0. The number of rotatable bonds is 0. The smallest absolute Gasteiger partial charge is 0.872 e. The molecule has 0 saturated carbocycles. The van der Waals surface area contributed by atoms with Crippen LogP contribution in [-0.4, -0.2) is 32.3 Å². The number of pyridine rings is 3. The van der Waals surface area contributed by atoms with Crippen molar-refractivity contribution in [2.75, 3.05) is 0 Å². The van der Waals surface area contributed by atoms with Crippen molar-refractivity contribution >= 4 is 50.1 Å². The number of aromatic nitrogens is 3. The van der Waals surface area contributed by atoms with Gasteiger partial charge in [-0.1, -0.05) is 53.6 Å². The molecule has 0 fully saturated rings. The summed E-state index contributed by atoms with van der Waals surface area (Å²) in [5.74, 6) is 0.161. The van der Waals surface area contributed by atoms with E-state index >= 15 is 0 Å². The van der Waals surface area contributed by atoms with E-state index in [1.807, 2.05) is 57.2 Å². The van der Waals surface area contributed by atoms with Gasteiger partial charge in [0.25, 0.3) is 0 Å². The second kappa shape index (κ2) is 12.2. The Morgan fingerprint density at radius 3 is 0.946 bits per heavy atom. The van der Waals surface area contributed by atoms with Crippen LogP contribution in [0.5, 0.6) is 17.2 Å². The third kappa shape index (κ3) is 6.15. The van der Waals surface area contributed by atoms with E-state index in [0.717, 1.165) is 49.4 Å². The fraction of sp³-hybridized carbons (Fsp3) is 0.100. The average Bonchev–Trinajstić information content (AvgIpc) is 2.85. The molecule has 0 aliphatic carbocycles. The monoisotopic (exact) mass is 501 g/mol. The van der Waals surface area contributed by atoms with Crippen molar-refractivity contribution in [3.8, 4) is 17.2 Å². The van der Waals surface area contributed by atoms with Gasteiger partial charge in [-0.2, -0.15) is 0 Å². The molecule has 3 aromatic heterocycles. The Bertz CT molecular complexity index is 1360. The second-order valence-electron chi connectivity index (χ2n) is 8.33. The first-order chi connectivity index (χ1) is 17.4. The van der Waals surface area contributed by atoms with E-state index in [1.165, 1.54) is 0 Å². The minimum atomic E-state index is 0. The van der Waals surface area contributed by atoms with Crippen molar-refractivity contribution in [1.82, 2.24) is 15.0 Å². The summed E-state index contributed by atoms with van der Waals surface area (Å²) in [6.45, 7) is 5.77. The SMILES string of the molecule is Cc1ccnc2cccc([O-])c12.Cc1ccnc2cccc([O-])c12.Cc1ccnc2cccc([O-])c12.[Al+3]. The van der Waals surface area contributed by atoms with Gasteiger partial charge in [0, 0.05) is 18.6 Å². The molecule has 7 heteroatoms. The first-order valence-corrected chi connectivity index (χ1v) is 11.4. The van der Waals surface area contributed by atoms with Crippen molar-refractivity contribution < 1.29 is 15.3 Å². The van der Waals surface area contributed by atoms with Gasteiger partial charge in [0.05, 0.1) is 16.6 Å². The zero-order chi connectivity index (χ0) is 25.7. The van der Waals surface area contributed by atoms with Gasteiger partial charge in [-0.25, -0.2) is 0 Å². The summed E-state index contributed by atoms with van der Waals surface area (Å²) in [5, 5.41) is 36.3. The van der Waals surface area contributed by atoms with Crippen molar-refractivity contribution in [2.45, 2.75) is 20.8 Å². The van der Waals surface area contributed by atoms with Crippen molar-refractivity contribution in [1.29, 1.82) is 0 Å². The van der Waals surface area contributed by atoms with Gasteiger partial charge >= 0.3 is 17.4 Å². The van der Waals surface area contributed by atoms with E-state index in [1.54, 1.807) is 55.0 Å². The van der Waals surface area contributed by atoms with Gasteiger partial charge in [-0.3, -0.25) is 15.0 Å². The Morgan fingerprint density at radius 1 is 0.432 bits per heavy atom. The molecule has 3 aromatic carbocycles. The molecular weight excluding hydrogens is 477 g/mol. The van der Waals surface area contributed by atoms with E-state index in [2.05, 4.69) is 15.0 Å². The first kappa shape index (κ1) is 27.4. The Balaban J connectivity index is 0.000000152. The van der Waals surface area contributed by atoms with Crippen molar-refractivity contribution in [3.63, 3.8) is 0 Å². The third-order valence-corrected chi connectivity index (χ3v) is 5.81. The van der Waals surface area contributed by atoms with Crippen LogP contribution in [0.15, 0.2) is 91.4 Å². The van der Waals surface area contributed by atoms with Crippen LogP contribution in [0.25, 0.3) is 32.7 Å². The predicted molar refractivity (Wildman–Crippen MR) is 144 cm³/mol. The molecule has 0 unspecified atom stereocenters. The van der Waals surface area contributed by atoms with Crippen LogP contribution < -0.4 is 15.3 Å². The molecule has 3 heterocycles. The van der Waals surface area contributed by atoms with Crippen LogP contribution in [0.1, 0.15) is 16.7 Å². The van der Waals surface area contributed by atoms with Gasteiger partial charge in [0.1, 0.15) is 0 Å². The molecule has 37 heavy (non-hydrogen) atoms. The number of benzene rings is 3. The number of hydrogen-bond acceptors (Lipinski definition) is 6. The predicted octanol–water partition coefficient (Wildman–Crippen LogP) is 4.47. The maximum absolute atomic E-state index is 11.4. The van der Waals surface area contributed by atoms with Crippen LogP contribution in [0, 0.1) is 20.8 Å². The fourth-order valence-electron chi connectivity index (χ4n) is 4.01. The summed E-state index contributed by atoms with van der Waals surface area (Å²) in [6.07, 6.45) is 5.16. The summed E-state index contributed by atoms with van der Waals surface area (Å²) in [7, 11) is 0. The van der Waals surface area contributed by atoms with E-state index in [0.29, 0.717) is 0 Å². The van der Waals surface area contributed by atoms with Crippen LogP contribution in [0.3, 0.4) is 0 Å². The molecule has 0 spiro atoms. The maximum Gasteiger partial charge on any atom is 3.00 e. The average molecular weight is 502 g/mol. The quantitative estimate of drug-likeness (QED) is 0.284. The van der Waals surface area contributed by atoms with Crippen LogP contribution in [0.2, 0.25) is 0 Å². The fourth-order valence-corrected chi connectivity index (χ4v) is 4.01. The maximum atomic E-state index is 11.4. The molecule has 0 aliphatic rings. The summed E-state index contributed by atoms with van der Waals surface area (Å²) in [4.78, 5) is 12.3. The molecule has 0 saturated heterocycles. The summed E-state index contributed by atoms with van der Waals surface area (Å²) < 4.78 is 0. The van der Waals surface area contributed by atoms with Crippen molar-refractivity contribution in [3.05, 3.63) is 108 Å². The Morgan fingerprint density at radius 2 is 0.703 bits per heavy atom. The Kier molecular flexibility index (Phi) is 9.02. The number of nitrogens with zero attached hydrogens (tertiary/aromatic N) is 3. The summed E-state index contributed by atoms with van der Waals surface area (Å²) in [5.41, 5.74) is 5.31. The Labute approximate surface area is 226 Å². The Hall–Kier alpha value is -4.18. The zero-order valence-corrected chi connectivity index (χ0v) is 22.0. The van der Waals surface area contributed by atoms with E-state index in [9.17, 15) is 15.3 Å². The normalized spacial score (nSPS) is 10.1. The van der Waals surface area contributed by atoms with E-state index < -0.39 is 0 Å². The molecule has 0 amide bonds. The molecule has 0 bridgehead atoms. The summed E-state index contributed by atoms with van der Waals surface area (Å²) >= 11 is 0. The van der Waals surface area contributed by atoms with Crippen LogP contribution in [0.4, 0.5) is 0 Å². The molecule has 0 atom stereocenters. The molecule has 0 N–H and O–H groups in total. The van der Waals surface area contributed by atoms with Gasteiger partial charge < -0.3 is 15.3 Å². The van der Waals surface area contributed by atoms with Gasteiger partial charge in [0.2, 0.25) is 0 Å². The molecule has 6 rings (SSSR count). The zero-order valence-electron chi connectivity index (χ0n) is 20.8. The first-order valence-electron chi connectivity index (χ1n) is 11.4. The van der Waals surface area contributed by atoms with Gasteiger partial charge in [-0.15, -0.1) is 0 Å². The van der Waals surface area contributed by atoms with E-state index in [4.69, 9.17) is 0 Å². The molecular formula is C30H24AlN3O3. The number of fused-ring (bicyclic) bond motifs is 3. The third-order valence-electron chi connectivity index (χ3n) is 5.81. The largest absolute Gasteiger partial charge is 3.00 e. The molecule has 180 valence electrons.